The van der Waals surface area contributed by atoms with E-state index in [9.17, 15) is 24.0 Å². The molecule has 3 unspecified atom stereocenters. The lowest BCUT2D eigenvalue weighted by atomic mass is 9.85. The Morgan fingerprint density at radius 1 is 1.12 bits per heavy atom. The zero-order valence-electron chi connectivity index (χ0n) is 23.9. The molecule has 5 amide bonds. The highest BCUT2D eigenvalue weighted by Gasteiger charge is 2.43. The monoisotopic (exact) mass is 577 g/mol. The Hall–Kier alpha value is -3.02. The molecule has 4 atom stereocenters. The molecular formula is C28H43N5O6S. The van der Waals surface area contributed by atoms with Gasteiger partial charge in [0.25, 0.3) is 5.91 Å². The molecule has 40 heavy (non-hydrogen) atoms. The highest BCUT2D eigenvalue weighted by Crippen LogP contribution is 2.34. The first-order valence-corrected chi connectivity index (χ1v) is 15.2. The number of carbonyl (C=O) groups excluding carboxylic acids is 5. The summed E-state index contributed by atoms with van der Waals surface area (Å²) >= 11 is 1.65. The molecule has 1 saturated heterocycles. The van der Waals surface area contributed by atoms with E-state index >= 15 is 0 Å². The fourth-order valence-corrected chi connectivity index (χ4v) is 5.88. The number of hydrogen-bond acceptors (Lipinski definition) is 7. The van der Waals surface area contributed by atoms with E-state index in [0.717, 1.165) is 18.6 Å². The molecule has 0 aromatic carbocycles. The summed E-state index contributed by atoms with van der Waals surface area (Å²) < 4.78 is 5.36. The summed E-state index contributed by atoms with van der Waals surface area (Å²) in [7, 11) is 0. The second kappa shape index (κ2) is 14.0. The standard InChI is InChI=1S/C28H43N5O6S/c1-5-18(15-40-16-19-8-7-13-39-19)30-27(38)32-23(28(2,3)4)26(37)33-12-6-9-21(33)25(36)31-20(14-17-10-11-17)22(34)24(29)35/h7-8,13,17-18,20-21,23H,5-6,9-12,14-16H2,1-4H3,(H2,29,35)(H,31,36)(H2,30,32,38)/t18?,20?,21-,23?/m0/s1. The Morgan fingerprint density at radius 2 is 1.85 bits per heavy atom. The molecule has 11 nitrogen and oxygen atoms in total. The van der Waals surface area contributed by atoms with Gasteiger partial charge in [-0.2, -0.15) is 11.8 Å². The molecule has 222 valence electrons. The van der Waals surface area contributed by atoms with Crippen LogP contribution in [-0.2, 0) is 24.9 Å². The number of nitrogens with zero attached hydrogens (tertiary/aromatic N) is 1. The first-order chi connectivity index (χ1) is 18.9. The highest BCUT2D eigenvalue weighted by molar-refractivity contribution is 7.98. The summed E-state index contributed by atoms with van der Waals surface area (Å²) in [5, 5.41) is 8.51. The Labute approximate surface area is 240 Å². The number of nitrogens with two attached hydrogens (primary N) is 1. The van der Waals surface area contributed by atoms with Gasteiger partial charge in [-0.15, -0.1) is 0 Å². The van der Waals surface area contributed by atoms with E-state index in [-0.39, 0.29) is 17.9 Å². The summed E-state index contributed by atoms with van der Waals surface area (Å²) in [5.74, 6) is -0.237. The van der Waals surface area contributed by atoms with Crippen molar-refractivity contribution < 1.29 is 28.4 Å². The van der Waals surface area contributed by atoms with Crippen molar-refractivity contribution in [3.63, 3.8) is 0 Å². The van der Waals surface area contributed by atoms with Crippen molar-refractivity contribution in [3.05, 3.63) is 24.2 Å². The first kappa shape index (κ1) is 31.5. The Morgan fingerprint density at radius 3 is 2.42 bits per heavy atom. The van der Waals surface area contributed by atoms with E-state index in [1.165, 1.54) is 4.90 Å². The predicted octanol–water partition coefficient (Wildman–Crippen LogP) is 2.34. The normalized spacial score (nSPS) is 19.4. The topological polar surface area (TPSA) is 164 Å². The van der Waals surface area contributed by atoms with Crippen molar-refractivity contribution in [2.24, 2.45) is 17.1 Å². The van der Waals surface area contributed by atoms with Gasteiger partial charge in [0.2, 0.25) is 17.6 Å². The predicted molar refractivity (Wildman–Crippen MR) is 152 cm³/mol. The van der Waals surface area contributed by atoms with Crippen LogP contribution in [-0.4, -0.2) is 70.9 Å². The van der Waals surface area contributed by atoms with Crippen LogP contribution in [0.1, 0.15) is 72.0 Å². The number of likely N-dealkylation sites (tertiary alicyclic amines) is 1. The van der Waals surface area contributed by atoms with Crippen LogP contribution in [0.3, 0.4) is 0 Å². The Balaban J connectivity index is 1.62. The number of ketones is 1. The van der Waals surface area contributed by atoms with Crippen molar-refractivity contribution in [2.45, 2.75) is 96.1 Å². The quantitative estimate of drug-likeness (QED) is 0.247. The Kier molecular flexibility index (Phi) is 11.1. The maximum Gasteiger partial charge on any atom is 0.315 e. The molecule has 1 aromatic heterocycles. The fraction of sp³-hybridized carbons (Fsp3) is 0.679. The van der Waals surface area contributed by atoms with Gasteiger partial charge in [0.05, 0.1) is 18.1 Å². The van der Waals surface area contributed by atoms with Crippen molar-refractivity contribution >= 4 is 41.3 Å². The molecule has 5 N–H and O–H groups in total. The lowest BCUT2D eigenvalue weighted by Crippen LogP contribution is -2.60. The van der Waals surface area contributed by atoms with Crippen LogP contribution in [0, 0.1) is 11.3 Å². The van der Waals surface area contributed by atoms with E-state index in [1.807, 2.05) is 39.8 Å². The molecule has 3 rings (SSSR count). The van der Waals surface area contributed by atoms with Gasteiger partial charge in [0.1, 0.15) is 17.8 Å². The number of rotatable bonds is 14. The zero-order chi connectivity index (χ0) is 29.4. The minimum absolute atomic E-state index is 0.104. The summed E-state index contributed by atoms with van der Waals surface area (Å²) in [5.41, 5.74) is 4.57. The third-order valence-corrected chi connectivity index (χ3v) is 8.47. The number of hydrogen-bond donors (Lipinski definition) is 4. The average Bonchev–Trinajstić information content (AvgIpc) is 3.33. The van der Waals surface area contributed by atoms with Gasteiger partial charge in [-0.05, 0) is 49.1 Å². The van der Waals surface area contributed by atoms with Crippen molar-refractivity contribution in [1.29, 1.82) is 0 Å². The number of urea groups is 1. The van der Waals surface area contributed by atoms with E-state index in [2.05, 4.69) is 16.0 Å². The maximum absolute atomic E-state index is 13.8. The minimum Gasteiger partial charge on any atom is -0.468 e. The summed E-state index contributed by atoms with van der Waals surface area (Å²) in [6.07, 6.45) is 5.61. The number of carbonyl (C=O) groups is 5. The fourth-order valence-electron chi connectivity index (χ4n) is 4.79. The SMILES string of the molecule is CCC(CSCc1ccco1)NC(=O)NC(C(=O)N1CCC[C@H]1C(=O)NC(CC1CC1)C(=O)C(N)=O)C(C)(C)C. The summed E-state index contributed by atoms with van der Waals surface area (Å²) in [6.45, 7) is 7.90. The van der Waals surface area contributed by atoms with Crippen LogP contribution in [0.4, 0.5) is 4.79 Å². The lowest BCUT2D eigenvalue weighted by molar-refractivity contribution is -0.143. The molecule has 1 aliphatic carbocycles. The second-order valence-corrected chi connectivity index (χ2v) is 12.8. The van der Waals surface area contributed by atoms with Gasteiger partial charge in [-0.3, -0.25) is 19.2 Å². The molecule has 1 aromatic rings. The molecule has 1 aliphatic heterocycles. The van der Waals surface area contributed by atoms with Crippen LogP contribution < -0.4 is 21.7 Å². The number of nitrogens with one attached hydrogen (secondary N) is 3. The second-order valence-electron chi connectivity index (χ2n) is 11.8. The number of Topliss-reactive ketones (excluding diaryl/α,β-unsaturated/α-hetero) is 1. The largest absolute Gasteiger partial charge is 0.468 e. The van der Waals surface area contributed by atoms with Gasteiger partial charge in [-0.1, -0.05) is 40.5 Å². The van der Waals surface area contributed by atoms with Crippen molar-refractivity contribution in [1.82, 2.24) is 20.9 Å². The number of furan rings is 1. The lowest BCUT2D eigenvalue weighted by Gasteiger charge is -2.36. The van der Waals surface area contributed by atoms with Crippen LogP contribution in [0.15, 0.2) is 22.8 Å². The molecule has 0 radical (unpaired) electrons. The van der Waals surface area contributed by atoms with E-state index in [4.69, 9.17) is 10.2 Å². The smallest absolute Gasteiger partial charge is 0.315 e. The molecule has 1 saturated carbocycles. The van der Waals surface area contributed by atoms with Crippen LogP contribution in [0.2, 0.25) is 0 Å². The Bertz CT molecular complexity index is 1050. The molecule has 0 bridgehead atoms. The van der Waals surface area contributed by atoms with Crippen LogP contribution in [0.5, 0.6) is 0 Å². The van der Waals surface area contributed by atoms with Gasteiger partial charge in [0.15, 0.2) is 0 Å². The number of amides is 5. The van der Waals surface area contributed by atoms with Crippen molar-refractivity contribution in [3.8, 4) is 0 Å². The first-order valence-electron chi connectivity index (χ1n) is 14.0. The third kappa shape index (κ3) is 9.00. The van der Waals surface area contributed by atoms with E-state index in [0.29, 0.717) is 43.7 Å². The summed E-state index contributed by atoms with van der Waals surface area (Å²) in [4.78, 5) is 65.4. The molecule has 2 heterocycles. The molecule has 2 fully saturated rings. The minimum atomic E-state index is -1.09. The van der Waals surface area contributed by atoms with Gasteiger partial charge >= 0.3 is 6.03 Å². The average molecular weight is 578 g/mol. The van der Waals surface area contributed by atoms with Crippen LogP contribution >= 0.6 is 11.8 Å². The molecule has 0 spiro atoms. The zero-order valence-corrected chi connectivity index (χ0v) is 24.7. The third-order valence-electron chi connectivity index (χ3n) is 7.34. The van der Waals surface area contributed by atoms with E-state index < -0.39 is 47.2 Å². The molecule has 12 heteroatoms. The molecule has 2 aliphatic rings. The number of primary amides is 1. The highest BCUT2D eigenvalue weighted by atomic mass is 32.2. The van der Waals surface area contributed by atoms with Gasteiger partial charge < -0.3 is 31.0 Å². The number of thioether (sulfide) groups is 1. The maximum atomic E-state index is 13.8. The molecular weight excluding hydrogens is 534 g/mol. The van der Waals surface area contributed by atoms with Crippen molar-refractivity contribution in [2.75, 3.05) is 12.3 Å². The van der Waals surface area contributed by atoms with Gasteiger partial charge in [-0.25, -0.2) is 4.79 Å². The van der Waals surface area contributed by atoms with E-state index in [1.54, 1.807) is 18.0 Å². The summed E-state index contributed by atoms with van der Waals surface area (Å²) in [6, 6.07) is 0.512. The van der Waals surface area contributed by atoms with Gasteiger partial charge in [0, 0.05) is 18.3 Å². The van der Waals surface area contributed by atoms with Crippen LogP contribution in [0.25, 0.3) is 0 Å².